The highest BCUT2D eigenvalue weighted by Gasteiger charge is 2.30. The van der Waals surface area contributed by atoms with Crippen molar-refractivity contribution in [3.8, 4) is 16.9 Å². The van der Waals surface area contributed by atoms with Crippen LogP contribution < -0.4 is 0 Å². The zero-order chi connectivity index (χ0) is 14.9. The van der Waals surface area contributed by atoms with E-state index in [4.69, 9.17) is 0 Å². The Morgan fingerprint density at radius 2 is 1.91 bits per heavy atom. The molecule has 108 valence electrons. The maximum atomic E-state index is 12.0. The van der Waals surface area contributed by atoms with Crippen molar-refractivity contribution in [2.75, 3.05) is 0 Å². The summed E-state index contributed by atoms with van der Waals surface area (Å²) in [6.07, 6.45) is 7.53. The molecule has 1 saturated carbocycles. The Kier molecular flexibility index (Phi) is 3.07. The molecule has 0 amide bonds. The van der Waals surface area contributed by atoms with Crippen LogP contribution in [-0.2, 0) is 0 Å². The van der Waals surface area contributed by atoms with Crippen molar-refractivity contribution in [3.05, 3.63) is 66.6 Å². The number of aromatic nitrogens is 3. The predicted molar refractivity (Wildman–Crippen MR) is 83.8 cm³/mol. The normalized spacial score (nSPS) is 14.0. The molecule has 0 N–H and O–H groups in total. The Morgan fingerprint density at radius 3 is 2.59 bits per heavy atom. The smallest absolute Gasteiger partial charge is 0.165 e. The highest BCUT2D eigenvalue weighted by molar-refractivity contribution is 5.99. The molecule has 0 bridgehead atoms. The Hall–Kier alpha value is -2.75. The van der Waals surface area contributed by atoms with Crippen LogP contribution in [0.3, 0.4) is 0 Å². The average Bonchev–Trinajstić information content (AvgIpc) is 3.32. The number of nitrogens with zero attached hydrogens (tertiary/aromatic N) is 3. The lowest BCUT2D eigenvalue weighted by Gasteiger charge is -2.03. The first-order valence-electron chi connectivity index (χ1n) is 7.42. The largest absolute Gasteiger partial charge is 0.294 e. The van der Waals surface area contributed by atoms with Gasteiger partial charge in [0.05, 0.1) is 11.4 Å². The third kappa shape index (κ3) is 2.44. The molecule has 0 spiro atoms. The molecule has 0 unspecified atom stereocenters. The molecule has 4 nitrogen and oxygen atoms in total. The summed E-state index contributed by atoms with van der Waals surface area (Å²) in [5.41, 5.74) is 3.61. The molecular formula is C18H15N3O. The minimum Gasteiger partial charge on any atom is -0.294 e. The van der Waals surface area contributed by atoms with Gasteiger partial charge in [0.15, 0.2) is 5.78 Å². The van der Waals surface area contributed by atoms with Gasteiger partial charge < -0.3 is 0 Å². The van der Waals surface area contributed by atoms with E-state index in [0.29, 0.717) is 0 Å². The molecule has 1 aliphatic rings. The van der Waals surface area contributed by atoms with Gasteiger partial charge in [0.1, 0.15) is 0 Å². The lowest BCUT2D eigenvalue weighted by Crippen LogP contribution is -2.02. The van der Waals surface area contributed by atoms with Crippen LogP contribution in [0, 0.1) is 5.92 Å². The number of carbonyl (C=O) groups excluding carboxylic acids is 1. The van der Waals surface area contributed by atoms with Gasteiger partial charge in [-0.15, -0.1) is 0 Å². The molecule has 1 fully saturated rings. The van der Waals surface area contributed by atoms with E-state index < -0.39 is 0 Å². The van der Waals surface area contributed by atoms with Gasteiger partial charge in [0.2, 0.25) is 0 Å². The van der Waals surface area contributed by atoms with Crippen LogP contribution in [0.25, 0.3) is 16.9 Å². The lowest BCUT2D eigenvalue weighted by molar-refractivity contribution is 0.0967. The second-order valence-corrected chi connectivity index (χ2v) is 5.57. The molecular weight excluding hydrogens is 274 g/mol. The van der Waals surface area contributed by atoms with Crippen LogP contribution >= 0.6 is 0 Å². The molecule has 2 aromatic heterocycles. The number of Topliss-reactive ketones (excluding diaryl/α,β-unsaturated/α-hetero) is 1. The number of ketones is 1. The molecule has 3 aromatic rings. The minimum atomic E-state index is 0.257. The van der Waals surface area contributed by atoms with Gasteiger partial charge in [-0.25, -0.2) is 4.68 Å². The van der Waals surface area contributed by atoms with Crippen LogP contribution in [0.2, 0.25) is 0 Å². The standard InChI is InChI=1S/C18H15N3O/c22-18(13-3-4-13)14-5-7-16(8-6-14)21-11-9-17(20-21)15-2-1-10-19-12-15/h1-2,5-13H,3-4H2. The summed E-state index contributed by atoms with van der Waals surface area (Å²) in [5.74, 6) is 0.524. The first-order chi connectivity index (χ1) is 10.8. The second-order valence-electron chi connectivity index (χ2n) is 5.57. The second kappa shape index (κ2) is 5.22. The van der Waals surface area contributed by atoms with E-state index in [0.717, 1.165) is 35.3 Å². The predicted octanol–water partition coefficient (Wildman–Crippen LogP) is 3.53. The summed E-state index contributed by atoms with van der Waals surface area (Å²) in [5, 5.41) is 4.56. The molecule has 2 heterocycles. The monoisotopic (exact) mass is 289 g/mol. The Labute approximate surface area is 128 Å². The van der Waals surface area contributed by atoms with Crippen LogP contribution in [0.5, 0.6) is 0 Å². The molecule has 22 heavy (non-hydrogen) atoms. The SMILES string of the molecule is O=C(c1ccc(-n2ccc(-c3cccnc3)n2)cc1)C1CC1. The van der Waals surface area contributed by atoms with Crippen LogP contribution in [0.15, 0.2) is 61.1 Å². The van der Waals surface area contributed by atoms with Crippen molar-refractivity contribution in [2.45, 2.75) is 12.8 Å². The lowest BCUT2D eigenvalue weighted by atomic mass is 10.1. The molecule has 4 rings (SSSR count). The number of hydrogen-bond donors (Lipinski definition) is 0. The fraction of sp³-hybridized carbons (Fsp3) is 0.167. The highest BCUT2D eigenvalue weighted by Crippen LogP contribution is 2.32. The highest BCUT2D eigenvalue weighted by atomic mass is 16.1. The number of pyridine rings is 1. The van der Waals surface area contributed by atoms with Crippen molar-refractivity contribution >= 4 is 5.78 Å². The van der Waals surface area contributed by atoms with Gasteiger partial charge in [-0.1, -0.05) is 0 Å². The van der Waals surface area contributed by atoms with Crippen LogP contribution in [0.4, 0.5) is 0 Å². The van der Waals surface area contributed by atoms with E-state index in [-0.39, 0.29) is 11.7 Å². The third-order valence-corrected chi connectivity index (χ3v) is 3.91. The first-order valence-corrected chi connectivity index (χ1v) is 7.42. The number of benzene rings is 1. The van der Waals surface area contributed by atoms with Gasteiger partial charge in [0, 0.05) is 35.6 Å². The quantitative estimate of drug-likeness (QED) is 0.690. The topological polar surface area (TPSA) is 47.8 Å². The maximum absolute atomic E-state index is 12.0. The summed E-state index contributed by atoms with van der Waals surface area (Å²) in [7, 11) is 0. The Morgan fingerprint density at radius 1 is 1.09 bits per heavy atom. The van der Waals surface area contributed by atoms with Gasteiger partial charge in [-0.3, -0.25) is 9.78 Å². The Bertz CT molecular complexity index is 802. The molecule has 0 radical (unpaired) electrons. The fourth-order valence-corrected chi connectivity index (χ4v) is 2.50. The van der Waals surface area contributed by atoms with Crippen molar-refractivity contribution in [1.29, 1.82) is 0 Å². The zero-order valence-electron chi connectivity index (χ0n) is 12.0. The van der Waals surface area contributed by atoms with Gasteiger partial charge >= 0.3 is 0 Å². The van der Waals surface area contributed by atoms with Crippen LogP contribution in [-0.4, -0.2) is 20.5 Å². The number of rotatable bonds is 4. The fourth-order valence-electron chi connectivity index (χ4n) is 2.50. The van der Waals surface area contributed by atoms with Crippen molar-refractivity contribution < 1.29 is 4.79 Å². The first kappa shape index (κ1) is 13.0. The van der Waals surface area contributed by atoms with E-state index in [1.165, 1.54) is 0 Å². The van der Waals surface area contributed by atoms with Gasteiger partial charge in [-0.2, -0.15) is 5.10 Å². The van der Waals surface area contributed by atoms with Gasteiger partial charge in [0.25, 0.3) is 0 Å². The molecule has 0 aliphatic heterocycles. The van der Waals surface area contributed by atoms with Crippen LogP contribution in [0.1, 0.15) is 23.2 Å². The number of hydrogen-bond acceptors (Lipinski definition) is 3. The summed E-state index contributed by atoms with van der Waals surface area (Å²) in [4.78, 5) is 16.1. The molecule has 4 heteroatoms. The number of carbonyl (C=O) groups is 1. The maximum Gasteiger partial charge on any atom is 0.165 e. The third-order valence-electron chi connectivity index (χ3n) is 3.91. The molecule has 1 aliphatic carbocycles. The van der Waals surface area contributed by atoms with Crippen molar-refractivity contribution in [1.82, 2.24) is 14.8 Å². The van der Waals surface area contributed by atoms with E-state index in [2.05, 4.69) is 10.1 Å². The minimum absolute atomic E-state index is 0.257. The van der Waals surface area contributed by atoms with Crippen molar-refractivity contribution in [2.24, 2.45) is 5.92 Å². The van der Waals surface area contributed by atoms with Crippen molar-refractivity contribution in [3.63, 3.8) is 0 Å². The summed E-state index contributed by atoms with van der Waals surface area (Å²) in [6.45, 7) is 0. The molecule has 1 aromatic carbocycles. The average molecular weight is 289 g/mol. The van der Waals surface area contributed by atoms with E-state index in [9.17, 15) is 4.79 Å². The van der Waals surface area contributed by atoms with E-state index >= 15 is 0 Å². The zero-order valence-corrected chi connectivity index (χ0v) is 12.0. The summed E-state index contributed by atoms with van der Waals surface area (Å²) < 4.78 is 1.81. The summed E-state index contributed by atoms with van der Waals surface area (Å²) >= 11 is 0. The summed E-state index contributed by atoms with van der Waals surface area (Å²) in [6, 6.07) is 13.5. The van der Waals surface area contributed by atoms with E-state index in [1.54, 1.807) is 12.4 Å². The Balaban J connectivity index is 1.59. The molecule has 0 atom stereocenters. The van der Waals surface area contributed by atoms with Gasteiger partial charge in [-0.05, 0) is 55.3 Å². The van der Waals surface area contributed by atoms with E-state index in [1.807, 2.05) is 53.3 Å². The molecule has 0 saturated heterocycles.